The van der Waals surface area contributed by atoms with E-state index in [0.29, 0.717) is 26.0 Å². The van der Waals surface area contributed by atoms with E-state index >= 15 is 0 Å². The van der Waals surface area contributed by atoms with Crippen LogP contribution >= 0.6 is 0 Å². The van der Waals surface area contributed by atoms with E-state index in [1.807, 2.05) is 83.1 Å². The molecule has 1 unspecified atom stereocenters. The first-order valence-corrected chi connectivity index (χ1v) is 12.5. The second-order valence-electron chi connectivity index (χ2n) is 10.4. The first-order chi connectivity index (χ1) is 17.2. The first kappa shape index (κ1) is 25.9. The fraction of sp³-hybridized carbons (Fsp3) is 0.464. The normalized spacial score (nSPS) is 15.2. The van der Waals surface area contributed by atoms with E-state index in [1.54, 1.807) is 4.68 Å². The van der Waals surface area contributed by atoms with Crippen molar-refractivity contribution in [2.75, 3.05) is 19.8 Å². The van der Waals surface area contributed by atoms with Crippen LogP contribution in [0.15, 0.2) is 48.5 Å². The maximum atomic E-state index is 12.9. The van der Waals surface area contributed by atoms with Crippen LogP contribution in [0.4, 0.5) is 4.79 Å². The molecule has 0 fully saturated rings. The summed E-state index contributed by atoms with van der Waals surface area (Å²) in [4.78, 5) is 12.9. The van der Waals surface area contributed by atoms with Crippen LogP contribution in [0.3, 0.4) is 0 Å². The van der Waals surface area contributed by atoms with Crippen molar-refractivity contribution in [1.82, 2.24) is 20.3 Å². The number of hydrogen-bond acceptors (Lipinski definition) is 6. The monoisotopic (exact) mass is 492 g/mol. The molecule has 0 radical (unpaired) electrons. The fourth-order valence-corrected chi connectivity index (χ4v) is 4.63. The number of amides is 1. The highest BCUT2D eigenvalue weighted by molar-refractivity contribution is 5.83. The minimum atomic E-state index is -0.678. The fourth-order valence-electron chi connectivity index (χ4n) is 4.63. The Hall–Kier alpha value is -3.23. The van der Waals surface area contributed by atoms with Crippen molar-refractivity contribution in [2.45, 2.75) is 64.7 Å². The van der Waals surface area contributed by atoms with E-state index in [2.05, 4.69) is 15.6 Å². The number of benzene rings is 2. The standard InChI is InChI=1S/C28H36N4O4/c1-6-35-28(4,5)15-16-29-26(34)36-23-17-19-11-7-8-12-20(19)24-25(22-14-10-9-13-21(22)23)32(31-30-24)27(2,3)18-33/h7-14,23,33H,6,15-18H2,1-5H3,(H,29,34). The molecule has 1 atom stereocenters. The number of nitrogens with one attached hydrogen (secondary N) is 1. The second-order valence-corrected chi connectivity index (χ2v) is 10.4. The average molecular weight is 493 g/mol. The number of nitrogens with zero attached hydrogens (tertiary/aromatic N) is 3. The molecule has 8 heteroatoms. The molecule has 1 amide bonds. The van der Waals surface area contributed by atoms with Gasteiger partial charge in [0.1, 0.15) is 11.8 Å². The topological polar surface area (TPSA) is 98.5 Å². The smallest absolute Gasteiger partial charge is 0.407 e. The van der Waals surface area contributed by atoms with Crippen LogP contribution in [0.2, 0.25) is 0 Å². The maximum absolute atomic E-state index is 12.9. The lowest BCUT2D eigenvalue weighted by molar-refractivity contribution is -0.0157. The summed E-state index contributed by atoms with van der Waals surface area (Å²) in [5.74, 6) is 0. The van der Waals surface area contributed by atoms with Gasteiger partial charge in [0.2, 0.25) is 0 Å². The molecular formula is C28H36N4O4. The number of ether oxygens (including phenoxy) is 2. The number of aliphatic hydroxyl groups is 1. The van der Waals surface area contributed by atoms with E-state index in [1.165, 1.54) is 0 Å². The summed E-state index contributed by atoms with van der Waals surface area (Å²) in [6, 6.07) is 15.8. The molecule has 1 heterocycles. The van der Waals surface area contributed by atoms with Crippen molar-refractivity contribution in [3.05, 3.63) is 59.7 Å². The molecule has 0 saturated carbocycles. The molecule has 4 rings (SSSR count). The molecule has 2 N–H and O–H groups in total. The lowest BCUT2D eigenvalue weighted by Crippen LogP contribution is -2.34. The molecule has 36 heavy (non-hydrogen) atoms. The molecule has 1 aliphatic carbocycles. The van der Waals surface area contributed by atoms with Gasteiger partial charge in [0.05, 0.1) is 23.4 Å². The third-order valence-electron chi connectivity index (χ3n) is 6.65. The summed E-state index contributed by atoms with van der Waals surface area (Å²) in [7, 11) is 0. The molecular weight excluding hydrogens is 456 g/mol. The predicted octanol–water partition coefficient (Wildman–Crippen LogP) is 4.87. The largest absolute Gasteiger partial charge is 0.441 e. The van der Waals surface area contributed by atoms with Crippen LogP contribution in [0.25, 0.3) is 22.5 Å². The van der Waals surface area contributed by atoms with Gasteiger partial charge >= 0.3 is 6.09 Å². The molecule has 8 nitrogen and oxygen atoms in total. The molecule has 1 aromatic heterocycles. The third-order valence-corrected chi connectivity index (χ3v) is 6.65. The van der Waals surface area contributed by atoms with E-state index in [0.717, 1.165) is 33.6 Å². The van der Waals surface area contributed by atoms with Gasteiger partial charge in [-0.3, -0.25) is 0 Å². The van der Waals surface area contributed by atoms with Crippen molar-refractivity contribution in [2.24, 2.45) is 0 Å². The SMILES string of the molecule is CCOC(C)(C)CCNC(=O)OC1Cc2ccccc2-c2nnn(C(C)(C)CO)c2-c2ccccc21. The Morgan fingerprint density at radius 3 is 2.53 bits per heavy atom. The van der Waals surface area contributed by atoms with Crippen LogP contribution in [0, 0.1) is 0 Å². The zero-order valence-corrected chi connectivity index (χ0v) is 21.7. The van der Waals surface area contributed by atoms with Crippen molar-refractivity contribution in [3.63, 3.8) is 0 Å². The molecule has 3 aromatic rings. The summed E-state index contributed by atoms with van der Waals surface area (Å²) in [6.07, 6.45) is 0.185. The summed E-state index contributed by atoms with van der Waals surface area (Å²) in [5, 5.41) is 22.0. The third kappa shape index (κ3) is 5.29. The second kappa shape index (κ2) is 10.4. The molecule has 0 bridgehead atoms. The van der Waals surface area contributed by atoms with E-state index in [-0.39, 0.29) is 12.2 Å². The van der Waals surface area contributed by atoms with Gasteiger partial charge in [0, 0.05) is 36.3 Å². The van der Waals surface area contributed by atoms with Crippen LogP contribution in [-0.2, 0) is 21.4 Å². The van der Waals surface area contributed by atoms with Crippen molar-refractivity contribution < 1.29 is 19.4 Å². The number of aliphatic hydroxyl groups excluding tert-OH is 1. The Bertz CT molecular complexity index is 1220. The van der Waals surface area contributed by atoms with Crippen molar-refractivity contribution in [1.29, 1.82) is 0 Å². The molecule has 192 valence electrons. The lowest BCUT2D eigenvalue weighted by atomic mass is 9.87. The minimum Gasteiger partial charge on any atom is -0.441 e. The highest BCUT2D eigenvalue weighted by Gasteiger charge is 2.33. The van der Waals surface area contributed by atoms with Gasteiger partial charge < -0.3 is 19.9 Å². The quantitative estimate of drug-likeness (QED) is 0.466. The lowest BCUT2D eigenvalue weighted by Gasteiger charge is -2.29. The van der Waals surface area contributed by atoms with Gasteiger partial charge in [-0.05, 0) is 46.6 Å². The minimum absolute atomic E-state index is 0.104. The highest BCUT2D eigenvalue weighted by atomic mass is 16.6. The number of carbonyl (C=O) groups is 1. The molecule has 0 saturated heterocycles. The van der Waals surface area contributed by atoms with Crippen LogP contribution in [0.5, 0.6) is 0 Å². The Morgan fingerprint density at radius 2 is 1.81 bits per heavy atom. The number of aromatic nitrogens is 3. The summed E-state index contributed by atoms with van der Waals surface area (Å²) < 4.78 is 13.5. The van der Waals surface area contributed by atoms with Gasteiger partial charge in [-0.15, -0.1) is 5.10 Å². The highest BCUT2D eigenvalue weighted by Crippen LogP contribution is 2.42. The van der Waals surface area contributed by atoms with Gasteiger partial charge in [0.25, 0.3) is 0 Å². The van der Waals surface area contributed by atoms with Gasteiger partial charge in [-0.25, -0.2) is 9.48 Å². The average Bonchev–Trinajstić information content (AvgIpc) is 3.28. The number of alkyl carbamates (subject to hydrolysis) is 1. The van der Waals surface area contributed by atoms with Crippen molar-refractivity contribution >= 4 is 6.09 Å². The Labute approximate surface area is 212 Å². The predicted molar refractivity (Wildman–Crippen MR) is 139 cm³/mol. The number of carbonyl (C=O) groups excluding carboxylic acids is 1. The van der Waals surface area contributed by atoms with Crippen LogP contribution in [-0.4, -0.2) is 51.6 Å². The first-order valence-electron chi connectivity index (χ1n) is 12.5. The Morgan fingerprint density at radius 1 is 1.11 bits per heavy atom. The van der Waals surface area contributed by atoms with Gasteiger partial charge in [-0.2, -0.15) is 0 Å². The van der Waals surface area contributed by atoms with E-state index in [9.17, 15) is 9.90 Å². The number of rotatable bonds is 8. The molecule has 0 aliphatic heterocycles. The maximum Gasteiger partial charge on any atom is 0.407 e. The molecule has 0 spiro atoms. The van der Waals surface area contributed by atoms with Crippen LogP contribution in [0.1, 0.15) is 58.3 Å². The number of hydrogen-bond donors (Lipinski definition) is 2. The summed E-state index contributed by atoms with van der Waals surface area (Å²) >= 11 is 0. The zero-order valence-electron chi connectivity index (χ0n) is 21.7. The Balaban J connectivity index is 1.71. The Kier molecular flexibility index (Phi) is 7.47. The molecule has 2 aromatic carbocycles. The molecule has 1 aliphatic rings. The zero-order chi connectivity index (χ0) is 25.9. The van der Waals surface area contributed by atoms with Gasteiger partial charge in [0.15, 0.2) is 0 Å². The van der Waals surface area contributed by atoms with Gasteiger partial charge in [-0.1, -0.05) is 53.7 Å². The van der Waals surface area contributed by atoms with E-state index < -0.39 is 17.7 Å². The summed E-state index contributed by atoms with van der Waals surface area (Å²) in [6.45, 7) is 10.8. The van der Waals surface area contributed by atoms with Crippen LogP contribution < -0.4 is 5.32 Å². The van der Waals surface area contributed by atoms with Crippen molar-refractivity contribution in [3.8, 4) is 22.5 Å². The number of fused-ring (bicyclic) bond motifs is 5. The van der Waals surface area contributed by atoms with E-state index in [4.69, 9.17) is 9.47 Å². The summed E-state index contributed by atoms with van der Waals surface area (Å²) in [5.41, 5.74) is 4.24.